The number of hydrogen-bond acceptors (Lipinski definition) is 5. The molecule has 1 fully saturated rings. The van der Waals surface area contributed by atoms with Gasteiger partial charge in [-0.1, -0.05) is 6.42 Å². The molecule has 0 spiro atoms. The monoisotopic (exact) mass is 343 g/mol. The Morgan fingerprint density at radius 1 is 1.17 bits per heavy atom. The standard InChI is InChI=1S/C17H25NO4.ClH/c1-21-13-11-15(20)17(16(12-13)22-2)14(19)7-6-10-18-8-4-3-5-9-18;/h11-12,20H,3-10H2,1-2H3;1H. The number of likely N-dealkylation sites (tertiary alicyclic amines) is 1. The van der Waals surface area contributed by atoms with Gasteiger partial charge in [0.15, 0.2) is 5.78 Å². The number of rotatable bonds is 7. The number of phenols is 1. The first-order chi connectivity index (χ1) is 10.7. The van der Waals surface area contributed by atoms with E-state index in [0.717, 1.165) is 26.1 Å². The lowest BCUT2D eigenvalue weighted by atomic mass is 10.0. The van der Waals surface area contributed by atoms with Gasteiger partial charge in [0, 0.05) is 18.6 Å². The van der Waals surface area contributed by atoms with E-state index in [9.17, 15) is 9.90 Å². The number of Topliss-reactive ketones (excluding diaryl/α,β-unsaturated/α-hetero) is 1. The maximum absolute atomic E-state index is 12.4. The van der Waals surface area contributed by atoms with Crippen molar-refractivity contribution in [1.29, 1.82) is 0 Å². The van der Waals surface area contributed by atoms with Crippen molar-refractivity contribution in [3.8, 4) is 17.2 Å². The molecule has 1 aliphatic heterocycles. The maximum Gasteiger partial charge on any atom is 0.170 e. The summed E-state index contributed by atoms with van der Waals surface area (Å²) < 4.78 is 10.3. The third-order valence-electron chi connectivity index (χ3n) is 4.12. The fourth-order valence-electron chi connectivity index (χ4n) is 2.91. The van der Waals surface area contributed by atoms with Crippen LogP contribution in [0.25, 0.3) is 0 Å². The van der Waals surface area contributed by atoms with Crippen molar-refractivity contribution in [1.82, 2.24) is 4.90 Å². The summed E-state index contributed by atoms with van der Waals surface area (Å²) in [5.74, 6) is 0.659. The minimum Gasteiger partial charge on any atom is -0.507 e. The van der Waals surface area contributed by atoms with Crippen LogP contribution in [0, 0.1) is 0 Å². The summed E-state index contributed by atoms with van der Waals surface area (Å²) in [5.41, 5.74) is 0.252. The van der Waals surface area contributed by atoms with Crippen molar-refractivity contribution >= 4 is 18.2 Å². The van der Waals surface area contributed by atoms with Gasteiger partial charge in [-0.15, -0.1) is 12.4 Å². The quantitative estimate of drug-likeness (QED) is 0.770. The summed E-state index contributed by atoms with van der Waals surface area (Å²) in [6.45, 7) is 3.20. The molecule has 1 aliphatic rings. The molecule has 1 aromatic carbocycles. The first-order valence-corrected chi connectivity index (χ1v) is 7.86. The zero-order valence-electron chi connectivity index (χ0n) is 13.8. The summed E-state index contributed by atoms with van der Waals surface area (Å²) in [4.78, 5) is 14.8. The van der Waals surface area contributed by atoms with Crippen molar-refractivity contribution in [2.75, 3.05) is 33.9 Å². The van der Waals surface area contributed by atoms with Crippen LogP contribution in [0.15, 0.2) is 12.1 Å². The van der Waals surface area contributed by atoms with Gasteiger partial charge in [-0.2, -0.15) is 0 Å². The molecule has 1 saturated heterocycles. The van der Waals surface area contributed by atoms with Gasteiger partial charge in [0.05, 0.1) is 14.2 Å². The molecule has 6 heteroatoms. The number of carbonyl (C=O) groups is 1. The molecule has 0 aromatic heterocycles. The van der Waals surface area contributed by atoms with E-state index in [-0.39, 0.29) is 29.5 Å². The van der Waals surface area contributed by atoms with Crippen LogP contribution in [0.4, 0.5) is 0 Å². The van der Waals surface area contributed by atoms with Crippen LogP contribution >= 0.6 is 12.4 Å². The van der Waals surface area contributed by atoms with Crippen LogP contribution in [-0.2, 0) is 0 Å². The molecule has 0 bridgehead atoms. The number of phenolic OH excluding ortho intramolecular Hbond substituents is 1. The number of ketones is 1. The number of nitrogens with zero attached hydrogens (tertiary/aromatic N) is 1. The molecule has 0 radical (unpaired) electrons. The highest BCUT2D eigenvalue weighted by atomic mass is 35.5. The van der Waals surface area contributed by atoms with Gasteiger partial charge >= 0.3 is 0 Å². The zero-order valence-corrected chi connectivity index (χ0v) is 14.7. The average Bonchev–Trinajstić information content (AvgIpc) is 2.54. The Morgan fingerprint density at radius 3 is 2.48 bits per heavy atom. The SMILES string of the molecule is COc1cc(O)c(C(=O)CCCN2CCCCC2)c(OC)c1.Cl. The zero-order chi connectivity index (χ0) is 15.9. The highest BCUT2D eigenvalue weighted by molar-refractivity contribution is 6.01. The fourth-order valence-corrected chi connectivity index (χ4v) is 2.91. The molecule has 0 amide bonds. The predicted molar refractivity (Wildman–Crippen MR) is 92.3 cm³/mol. The van der Waals surface area contributed by atoms with Gasteiger partial charge in [0.2, 0.25) is 0 Å². The Bertz CT molecular complexity index is 516. The van der Waals surface area contributed by atoms with E-state index < -0.39 is 0 Å². The third-order valence-corrected chi connectivity index (χ3v) is 4.12. The van der Waals surface area contributed by atoms with Gasteiger partial charge in [0.25, 0.3) is 0 Å². The van der Waals surface area contributed by atoms with Gasteiger partial charge in [-0.05, 0) is 38.9 Å². The van der Waals surface area contributed by atoms with E-state index in [1.54, 1.807) is 6.07 Å². The molecule has 2 rings (SSSR count). The second-order valence-corrected chi connectivity index (χ2v) is 5.65. The first-order valence-electron chi connectivity index (χ1n) is 7.86. The van der Waals surface area contributed by atoms with Crippen molar-refractivity contribution in [2.24, 2.45) is 0 Å². The molecule has 0 unspecified atom stereocenters. The summed E-state index contributed by atoms with van der Waals surface area (Å²) >= 11 is 0. The van der Waals surface area contributed by atoms with Crippen molar-refractivity contribution in [3.05, 3.63) is 17.7 Å². The number of piperidine rings is 1. The highest BCUT2D eigenvalue weighted by Crippen LogP contribution is 2.34. The molecule has 0 atom stereocenters. The second kappa shape index (κ2) is 9.63. The van der Waals surface area contributed by atoms with Crippen molar-refractivity contribution in [3.63, 3.8) is 0 Å². The Kier molecular flexibility index (Phi) is 8.20. The minimum atomic E-state index is -0.0889. The Hall–Kier alpha value is -1.46. The minimum absolute atomic E-state index is 0. The molecule has 5 nitrogen and oxygen atoms in total. The largest absolute Gasteiger partial charge is 0.507 e. The number of hydrogen-bond donors (Lipinski definition) is 1. The molecule has 0 saturated carbocycles. The van der Waals surface area contributed by atoms with Crippen LogP contribution in [0.3, 0.4) is 0 Å². The van der Waals surface area contributed by atoms with Crippen LogP contribution in [0.2, 0.25) is 0 Å². The summed E-state index contributed by atoms with van der Waals surface area (Å²) in [7, 11) is 2.99. The molecule has 1 heterocycles. The molecule has 23 heavy (non-hydrogen) atoms. The molecule has 130 valence electrons. The topological polar surface area (TPSA) is 59.0 Å². The van der Waals surface area contributed by atoms with E-state index in [4.69, 9.17) is 9.47 Å². The number of benzene rings is 1. The van der Waals surface area contributed by atoms with E-state index in [1.165, 1.54) is 39.5 Å². The summed E-state index contributed by atoms with van der Waals surface area (Å²) in [6.07, 6.45) is 5.02. The average molecular weight is 344 g/mol. The number of methoxy groups -OCH3 is 2. The number of aromatic hydroxyl groups is 1. The Morgan fingerprint density at radius 2 is 1.87 bits per heavy atom. The smallest absolute Gasteiger partial charge is 0.170 e. The lowest BCUT2D eigenvalue weighted by molar-refractivity contribution is 0.0967. The normalized spacial score (nSPS) is 14.9. The van der Waals surface area contributed by atoms with Crippen LogP contribution < -0.4 is 9.47 Å². The molecule has 1 N–H and O–H groups in total. The molecular formula is C17H26ClNO4. The Balaban J connectivity index is 0.00000264. The lowest BCUT2D eigenvalue weighted by Crippen LogP contribution is -2.30. The van der Waals surface area contributed by atoms with Gasteiger partial charge in [-0.3, -0.25) is 4.79 Å². The molecular weight excluding hydrogens is 318 g/mol. The van der Waals surface area contributed by atoms with E-state index in [0.29, 0.717) is 17.9 Å². The van der Waals surface area contributed by atoms with Gasteiger partial charge < -0.3 is 19.5 Å². The van der Waals surface area contributed by atoms with Crippen molar-refractivity contribution in [2.45, 2.75) is 32.1 Å². The van der Waals surface area contributed by atoms with Crippen LogP contribution in [0.1, 0.15) is 42.5 Å². The fraction of sp³-hybridized carbons (Fsp3) is 0.588. The number of carbonyl (C=O) groups excluding carboxylic acids is 1. The third kappa shape index (κ3) is 5.29. The molecule has 1 aromatic rings. The second-order valence-electron chi connectivity index (χ2n) is 5.65. The van der Waals surface area contributed by atoms with E-state index >= 15 is 0 Å². The van der Waals surface area contributed by atoms with Crippen LogP contribution in [-0.4, -0.2) is 49.6 Å². The predicted octanol–water partition coefficient (Wildman–Crippen LogP) is 3.28. The Labute approximate surface area is 144 Å². The van der Waals surface area contributed by atoms with Gasteiger partial charge in [-0.25, -0.2) is 0 Å². The van der Waals surface area contributed by atoms with Crippen LogP contribution in [0.5, 0.6) is 17.2 Å². The highest BCUT2D eigenvalue weighted by Gasteiger charge is 2.19. The number of halogens is 1. The summed E-state index contributed by atoms with van der Waals surface area (Å²) in [6, 6.07) is 3.07. The van der Waals surface area contributed by atoms with Gasteiger partial charge in [0.1, 0.15) is 22.8 Å². The first kappa shape index (κ1) is 19.6. The van der Waals surface area contributed by atoms with E-state index in [1.807, 2.05) is 0 Å². The lowest BCUT2D eigenvalue weighted by Gasteiger charge is -2.26. The summed E-state index contributed by atoms with van der Waals surface area (Å²) in [5, 5.41) is 10.1. The maximum atomic E-state index is 12.4. The number of ether oxygens (including phenoxy) is 2. The van der Waals surface area contributed by atoms with Crippen molar-refractivity contribution < 1.29 is 19.4 Å². The van der Waals surface area contributed by atoms with E-state index in [2.05, 4.69) is 4.90 Å². The molecule has 0 aliphatic carbocycles.